The Balaban J connectivity index is 2.10. The van der Waals surface area contributed by atoms with E-state index in [0.717, 1.165) is 14.9 Å². The molecule has 0 aliphatic carbocycles. The van der Waals surface area contributed by atoms with Crippen LogP contribution in [0.5, 0.6) is 5.75 Å². The highest BCUT2D eigenvalue weighted by Crippen LogP contribution is 2.21. The molecule has 2 nitrogen and oxygen atoms in total. The Morgan fingerprint density at radius 3 is 2.56 bits per heavy atom. The number of rotatable bonds is 3. The molecule has 0 spiro atoms. The second-order valence-corrected chi connectivity index (χ2v) is 5.22. The summed E-state index contributed by atoms with van der Waals surface area (Å²) in [5, 5.41) is 11.0. The lowest BCUT2D eigenvalue weighted by Crippen LogP contribution is -2.00. The van der Waals surface area contributed by atoms with Gasteiger partial charge in [0.05, 0.1) is 4.88 Å². The number of Topliss-reactive ketones (excluding diaryl/α,β-unsaturated/α-hetero) is 1. The SMILES string of the molecule is O=C(Cc1ccc(O)cc1)c1cc(Br)cs1. The van der Waals surface area contributed by atoms with Crippen molar-refractivity contribution < 1.29 is 9.90 Å². The van der Waals surface area contributed by atoms with Crippen LogP contribution in [-0.4, -0.2) is 10.9 Å². The molecule has 16 heavy (non-hydrogen) atoms. The van der Waals surface area contributed by atoms with E-state index in [4.69, 9.17) is 5.11 Å². The highest BCUT2D eigenvalue weighted by Gasteiger charge is 2.09. The minimum Gasteiger partial charge on any atom is -0.508 e. The van der Waals surface area contributed by atoms with E-state index < -0.39 is 0 Å². The Morgan fingerprint density at radius 1 is 1.31 bits per heavy atom. The number of halogens is 1. The van der Waals surface area contributed by atoms with Gasteiger partial charge in [0.15, 0.2) is 5.78 Å². The number of carbonyl (C=O) groups excluding carboxylic acids is 1. The van der Waals surface area contributed by atoms with Crippen LogP contribution in [0.15, 0.2) is 40.2 Å². The van der Waals surface area contributed by atoms with Crippen LogP contribution in [0.1, 0.15) is 15.2 Å². The zero-order valence-corrected chi connectivity index (χ0v) is 10.7. The van der Waals surface area contributed by atoms with Crippen molar-refractivity contribution in [3.63, 3.8) is 0 Å². The molecule has 2 aromatic rings. The second-order valence-electron chi connectivity index (χ2n) is 3.40. The van der Waals surface area contributed by atoms with Crippen molar-refractivity contribution >= 4 is 33.0 Å². The number of phenolic OH excluding ortho intramolecular Hbond substituents is 1. The first kappa shape index (κ1) is 11.4. The molecule has 0 atom stereocenters. The highest BCUT2D eigenvalue weighted by atomic mass is 79.9. The van der Waals surface area contributed by atoms with Gasteiger partial charge in [-0.15, -0.1) is 11.3 Å². The Hall–Kier alpha value is -1.13. The number of ketones is 1. The Bertz CT molecular complexity index is 502. The molecule has 82 valence electrons. The third kappa shape index (κ3) is 2.71. The van der Waals surface area contributed by atoms with Gasteiger partial charge in [-0.2, -0.15) is 0 Å². The van der Waals surface area contributed by atoms with Crippen LogP contribution < -0.4 is 0 Å². The van der Waals surface area contributed by atoms with Gasteiger partial charge < -0.3 is 5.11 Å². The number of benzene rings is 1. The Kier molecular flexibility index (Phi) is 3.41. The zero-order chi connectivity index (χ0) is 11.5. The maximum Gasteiger partial charge on any atom is 0.177 e. The largest absolute Gasteiger partial charge is 0.508 e. The third-order valence-corrected chi connectivity index (χ3v) is 3.88. The summed E-state index contributed by atoms with van der Waals surface area (Å²) < 4.78 is 0.937. The van der Waals surface area contributed by atoms with Crippen molar-refractivity contribution in [2.75, 3.05) is 0 Å². The van der Waals surface area contributed by atoms with Gasteiger partial charge in [-0.3, -0.25) is 4.79 Å². The Morgan fingerprint density at radius 2 is 2.00 bits per heavy atom. The van der Waals surface area contributed by atoms with Gasteiger partial charge in [-0.1, -0.05) is 12.1 Å². The summed E-state index contributed by atoms with van der Waals surface area (Å²) in [6.45, 7) is 0. The van der Waals surface area contributed by atoms with Gasteiger partial charge in [-0.05, 0) is 39.7 Å². The van der Waals surface area contributed by atoms with Gasteiger partial charge in [0.25, 0.3) is 0 Å². The molecule has 0 saturated carbocycles. The first-order valence-electron chi connectivity index (χ1n) is 4.70. The minimum atomic E-state index is 0.0985. The first-order chi connectivity index (χ1) is 7.65. The average molecular weight is 297 g/mol. The van der Waals surface area contributed by atoms with Gasteiger partial charge in [-0.25, -0.2) is 0 Å². The molecule has 0 amide bonds. The number of thiophene rings is 1. The van der Waals surface area contributed by atoms with Crippen LogP contribution in [0, 0.1) is 0 Å². The van der Waals surface area contributed by atoms with Gasteiger partial charge >= 0.3 is 0 Å². The standard InChI is InChI=1S/C12H9BrO2S/c13-9-6-12(16-7-9)11(15)5-8-1-3-10(14)4-2-8/h1-4,6-7,14H,5H2. The fourth-order valence-corrected chi connectivity index (χ4v) is 2.71. The summed E-state index contributed by atoms with van der Waals surface area (Å²) in [5.74, 6) is 0.316. The van der Waals surface area contributed by atoms with Crippen molar-refractivity contribution in [3.05, 3.63) is 50.6 Å². The molecule has 0 unspecified atom stereocenters. The smallest absolute Gasteiger partial charge is 0.177 e. The van der Waals surface area contributed by atoms with Gasteiger partial charge in [0.2, 0.25) is 0 Å². The van der Waals surface area contributed by atoms with E-state index >= 15 is 0 Å². The topological polar surface area (TPSA) is 37.3 Å². The summed E-state index contributed by atoms with van der Waals surface area (Å²) in [4.78, 5) is 12.6. The predicted octanol–water partition coefficient (Wildman–Crippen LogP) is 3.64. The third-order valence-electron chi connectivity index (χ3n) is 2.14. The number of hydrogen-bond acceptors (Lipinski definition) is 3. The minimum absolute atomic E-state index is 0.0985. The summed E-state index contributed by atoms with van der Waals surface area (Å²) in [6.07, 6.45) is 0.368. The lowest BCUT2D eigenvalue weighted by Gasteiger charge is -1.99. The molecule has 0 aliphatic heterocycles. The van der Waals surface area contributed by atoms with E-state index in [-0.39, 0.29) is 11.5 Å². The van der Waals surface area contributed by atoms with Crippen LogP contribution in [-0.2, 0) is 6.42 Å². The van der Waals surface area contributed by atoms with Crippen LogP contribution >= 0.6 is 27.3 Å². The second kappa shape index (κ2) is 4.80. The molecule has 1 aromatic heterocycles. The summed E-state index contributed by atoms with van der Waals surface area (Å²) in [5.41, 5.74) is 0.910. The number of hydrogen-bond donors (Lipinski definition) is 1. The lowest BCUT2D eigenvalue weighted by molar-refractivity contribution is 0.0997. The highest BCUT2D eigenvalue weighted by molar-refractivity contribution is 9.10. The normalized spacial score (nSPS) is 10.3. The van der Waals surface area contributed by atoms with Crippen LogP contribution in [0.3, 0.4) is 0 Å². The van der Waals surface area contributed by atoms with Gasteiger partial charge in [0, 0.05) is 16.3 Å². The van der Waals surface area contributed by atoms with Crippen LogP contribution in [0.25, 0.3) is 0 Å². The fourth-order valence-electron chi connectivity index (χ4n) is 1.35. The Labute approximate surface area is 106 Å². The molecule has 1 heterocycles. The van der Waals surface area contributed by atoms with E-state index in [0.29, 0.717) is 6.42 Å². The maximum absolute atomic E-state index is 11.8. The molecule has 0 radical (unpaired) electrons. The average Bonchev–Trinajstić information content (AvgIpc) is 2.68. The van der Waals surface area contributed by atoms with Crippen molar-refractivity contribution in [1.82, 2.24) is 0 Å². The van der Waals surface area contributed by atoms with E-state index in [1.165, 1.54) is 11.3 Å². The molecule has 2 rings (SSSR count). The predicted molar refractivity (Wildman–Crippen MR) is 68.2 cm³/mol. The molecule has 0 aliphatic rings. The van der Waals surface area contributed by atoms with E-state index in [1.807, 2.05) is 11.4 Å². The molecular formula is C12H9BrO2S. The van der Waals surface area contributed by atoms with E-state index in [1.54, 1.807) is 24.3 Å². The summed E-state index contributed by atoms with van der Waals surface area (Å²) in [6, 6.07) is 8.53. The molecule has 0 saturated heterocycles. The number of phenols is 1. The molecule has 0 bridgehead atoms. The summed E-state index contributed by atoms with van der Waals surface area (Å²) >= 11 is 4.75. The van der Waals surface area contributed by atoms with Crippen molar-refractivity contribution in [2.45, 2.75) is 6.42 Å². The number of aromatic hydroxyl groups is 1. The van der Waals surface area contributed by atoms with Crippen molar-refractivity contribution in [2.24, 2.45) is 0 Å². The summed E-state index contributed by atoms with van der Waals surface area (Å²) in [7, 11) is 0. The van der Waals surface area contributed by atoms with Crippen LogP contribution in [0.2, 0.25) is 0 Å². The number of carbonyl (C=O) groups is 1. The molecule has 4 heteroatoms. The quantitative estimate of drug-likeness (QED) is 0.878. The maximum atomic E-state index is 11.8. The lowest BCUT2D eigenvalue weighted by atomic mass is 10.1. The fraction of sp³-hybridized carbons (Fsp3) is 0.0833. The van der Waals surface area contributed by atoms with Crippen LogP contribution in [0.4, 0.5) is 0 Å². The van der Waals surface area contributed by atoms with Gasteiger partial charge in [0.1, 0.15) is 5.75 Å². The molecular weight excluding hydrogens is 288 g/mol. The van der Waals surface area contributed by atoms with E-state index in [2.05, 4.69) is 15.9 Å². The first-order valence-corrected chi connectivity index (χ1v) is 6.37. The molecule has 0 fully saturated rings. The molecule has 1 N–H and O–H groups in total. The van der Waals surface area contributed by atoms with Crippen molar-refractivity contribution in [3.8, 4) is 5.75 Å². The zero-order valence-electron chi connectivity index (χ0n) is 8.31. The van der Waals surface area contributed by atoms with Crippen molar-refractivity contribution in [1.29, 1.82) is 0 Å². The monoisotopic (exact) mass is 296 g/mol. The van der Waals surface area contributed by atoms with E-state index in [9.17, 15) is 4.79 Å². The molecule has 1 aromatic carbocycles.